The zero-order valence-corrected chi connectivity index (χ0v) is 17.9. The standard InChI is InChI=1S/C25H24N2O3S/c28-24(15-10-19-7-3-6-18-5-1-2-9-23(18)19)27-25(31)26-20-11-13-21(14-12-20)30-17-22-8-4-16-29-22/h1-3,5-7,9-15,22H,4,8,16-17H2,(H2,26,27,28,31)/b15-10+. The number of anilines is 1. The second-order valence-corrected chi connectivity index (χ2v) is 7.72. The van der Waals surface area contributed by atoms with Crippen molar-refractivity contribution in [2.24, 2.45) is 0 Å². The van der Waals surface area contributed by atoms with Crippen LogP contribution in [0.15, 0.2) is 72.8 Å². The van der Waals surface area contributed by atoms with Gasteiger partial charge in [0, 0.05) is 18.4 Å². The molecule has 31 heavy (non-hydrogen) atoms. The molecule has 0 aliphatic carbocycles. The summed E-state index contributed by atoms with van der Waals surface area (Å²) < 4.78 is 11.3. The van der Waals surface area contributed by atoms with E-state index in [1.54, 1.807) is 6.08 Å². The van der Waals surface area contributed by atoms with Gasteiger partial charge in [-0.3, -0.25) is 10.1 Å². The number of rotatable bonds is 6. The monoisotopic (exact) mass is 432 g/mol. The molecule has 0 spiro atoms. The first-order chi connectivity index (χ1) is 15.2. The number of carbonyl (C=O) groups excluding carboxylic acids is 1. The molecule has 0 saturated carbocycles. The molecule has 1 atom stereocenters. The highest BCUT2D eigenvalue weighted by molar-refractivity contribution is 7.80. The van der Waals surface area contributed by atoms with Gasteiger partial charge in [0.15, 0.2) is 5.11 Å². The molecule has 0 bridgehead atoms. The van der Waals surface area contributed by atoms with Gasteiger partial charge in [-0.25, -0.2) is 0 Å². The third-order valence-electron chi connectivity index (χ3n) is 5.05. The Bertz CT molecular complexity index is 1080. The van der Waals surface area contributed by atoms with Gasteiger partial charge in [0.25, 0.3) is 0 Å². The summed E-state index contributed by atoms with van der Waals surface area (Å²) in [4.78, 5) is 12.3. The summed E-state index contributed by atoms with van der Waals surface area (Å²) >= 11 is 5.25. The van der Waals surface area contributed by atoms with E-state index in [1.165, 1.54) is 6.08 Å². The Kier molecular flexibility index (Phi) is 6.92. The Balaban J connectivity index is 1.28. The summed E-state index contributed by atoms with van der Waals surface area (Å²) in [5.41, 5.74) is 1.75. The lowest BCUT2D eigenvalue weighted by atomic mass is 10.0. The van der Waals surface area contributed by atoms with Crippen molar-refractivity contribution < 1.29 is 14.3 Å². The summed E-state index contributed by atoms with van der Waals surface area (Å²) in [5.74, 6) is 0.482. The number of fused-ring (bicyclic) bond motifs is 1. The van der Waals surface area contributed by atoms with Crippen LogP contribution >= 0.6 is 12.2 Å². The van der Waals surface area contributed by atoms with Crippen LogP contribution in [0, 0.1) is 0 Å². The minimum atomic E-state index is -0.290. The molecule has 1 amide bonds. The van der Waals surface area contributed by atoms with Crippen molar-refractivity contribution in [3.8, 4) is 5.75 Å². The van der Waals surface area contributed by atoms with Gasteiger partial charge in [0.2, 0.25) is 5.91 Å². The molecule has 3 aromatic rings. The molecule has 6 heteroatoms. The molecule has 4 rings (SSSR count). The number of hydrogen-bond acceptors (Lipinski definition) is 4. The van der Waals surface area contributed by atoms with E-state index in [4.69, 9.17) is 21.7 Å². The second-order valence-electron chi connectivity index (χ2n) is 7.32. The highest BCUT2D eigenvalue weighted by Crippen LogP contribution is 2.20. The van der Waals surface area contributed by atoms with Crippen LogP contribution in [0.3, 0.4) is 0 Å². The average molecular weight is 433 g/mol. The number of nitrogens with one attached hydrogen (secondary N) is 2. The first kappa shape index (κ1) is 21.0. The molecule has 2 N–H and O–H groups in total. The Labute approximate surface area is 187 Å². The van der Waals surface area contributed by atoms with Crippen LogP contribution in [0.5, 0.6) is 5.75 Å². The maximum absolute atomic E-state index is 12.3. The Morgan fingerprint density at radius 1 is 1.10 bits per heavy atom. The average Bonchev–Trinajstić information content (AvgIpc) is 3.31. The van der Waals surface area contributed by atoms with E-state index in [9.17, 15) is 4.79 Å². The Morgan fingerprint density at radius 2 is 1.90 bits per heavy atom. The van der Waals surface area contributed by atoms with Gasteiger partial charge < -0.3 is 14.8 Å². The molecule has 158 valence electrons. The number of benzene rings is 3. The molecule has 1 aliphatic heterocycles. The van der Waals surface area contributed by atoms with Crippen LogP contribution in [0.25, 0.3) is 16.8 Å². The topological polar surface area (TPSA) is 59.6 Å². The van der Waals surface area contributed by atoms with Crippen LogP contribution in [-0.4, -0.2) is 30.3 Å². The normalized spacial score (nSPS) is 15.8. The van der Waals surface area contributed by atoms with E-state index in [2.05, 4.69) is 10.6 Å². The van der Waals surface area contributed by atoms with Crippen LogP contribution < -0.4 is 15.4 Å². The van der Waals surface area contributed by atoms with Crippen molar-refractivity contribution in [1.82, 2.24) is 5.32 Å². The lowest BCUT2D eigenvalue weighted by molar-refractivity contribution is -0.115. The van der Waals surface area contributed by atoms with Gasteiger partial charge in [-0.15, -0.1) is 0 Å². The summed E-state index contributed by atoms with van der Waals surface area (Å²) in [7, 11) is 0. The highest BCUT2D eigenvalue weighted by Gasteiger charge is 2.15. The van der Waals surface area contributed by atoms with E-state index in [0.717, 1.165) is 47.2 Å². The van der Waals surface area contributed by atoms with Crippen LogP contribution in [0.2, 0.25) is 0 Å². The number of carbonyl (C=O) groups is 1. The minimum Gasteiger partial charge on any atom is -0.491 e. The quantitative estimate of drug-likeness (QED) is 0.428. The van der Waals surface area contributed by atoms with Crippen LogP contribution in [0.4, 0.5) is 5.69 Å². The largest absolute Gasteiger partial charge is 0.491 e. The van der Waals surface area contributed by atoms with Crippen molar-refractivity contribution in [3.63, 3.8) is 0 Å². The number of thiocarbonyl (C=S) groups is 1. The van der Waals surface area contributed by atoms with E-state index in [-0.39, 0.29) is 17.1 Å². The predicted octanol–water partition coefficient (Wildman–Crippen LogP) is 4.92. The molecule has 3 aromatic carbocycles. The van der Waals surface area contributed by atoms with E-state index >= 15 is 0 Å². The fourth-order valence-corrected chi connectivity index (χ4v) is 3.70. The molecule has 0 aromatic heterocycles. The summed E-state index contributed by atoms with van der Waals surface area (Å²) in [5, 5.41) is 8.14. The Morgan fingerprint density at radius 3 is 2.71 bits per heavy atom. The SMILES string of the molecule is O=C(/C=C/c1cccc2ccccc12)NC(=S)Nc1ccc(OCC2CCCO2)cc1. The Hall–Kier alpha value is -3.22. The number of ether oxygens (including phenoxy) is 2. The molecular formula is C25H24N2O3S. The van der Waals surface area contributed by atoms with E-state index in [0.29, 0.717) is 6.61 Å². The zero-order valence-electron chi connectivity index (χ0n) is 17.0. The predicted molar refractivity (Wildman–Crippen MR) is 128 cm³/mol. The molecule has 1 saturated heterocycles. The summed E-state index contributed by atoms with van der Waals surface area (Å²) in [6.07, 6.45) is 5.60. The summed E-state index contributed by atoms with van der Waals surface area (Å²) in [6, 6.07) is 21.5. The maximum Gasteiger partial charge on any atom is 0.250 e. The first-order valence-corrected chi connectivity index (χ1v) is 10.7. The van der Waals surface area contributed by atoms with Crippen molar-refractivity contribution in [1.29, 1.82) is 0 Å². The molecule has 1 aliphatic rings. The summed E-state index contributed by atoms with van der Waals surface area (Å²) in [6.45, 7) is 1.38. The molecule has 1 heterocycles. The van der Waals surface area contributed by atoms with Crippen molar-refractivity contribution in [2.45, 2.75) is 18.9 Å². The van der Waals surface area contributed by atoms with Gasteiger partial charge in [-0.05, 0) is 71.7 Å². The van der Waals surface area contributed by atoms with Gasteiger partial charge in [-0.2, -0.15) is 0 Å². The lowest BCUT2D eigenvalue weighted by Crippen LogP contribution is -2.32. The van der Waals surface area contributed by atoms with Gasteiger partial charge in [-0.1, -0.05) is 42.5 Å². The van der Waals surface area contributed by atoms with Gasteiger partial charge in [0.1, 0.15) is 12.4 Å². The molecule has 0 radical (unpaired) electrons. The fourth-order valence-electron chi connectivity index (χ4n) is 3.48. The zero-order chi connectivity index (χ0) is 21.5. The highest BCUT2D eigenvalue weighted by atomic mass is 32.1. The van der Waals surface area contributed by atoms with Crippen LogP contribution in [-0.2, 0) is 9.53 Å². The fraction of sp³-hybridized carbons (Fsp3) is 0.200. The van der Waals surface area contributed by atoms with Gasteiger partial charge in [0.05, 0.1) is 6.10 Å². The minimum absolute atomic E-state index is 0.183. The smallest absolute Gasteiger partial charge is 0.250 e. The van der Waals surface area contributed by atoms with Crippen molar-refractivity contribution >= 4 is 45.8 Å². The first-order valence-electron chi connectivity index (χ1n) is 10.3. The van der Waals surface area contributed by atoms with Crippen molar-refractivity contribution in [3.05, 3.63) is 78.4 Å². The van der Waals surface area contributed by atoms with Gasteiger partial charge >= 0.3 is 0 Å². The lowest BCUT2D eigenvalue weighted by Gasteiger charge is -2.12. The molecule has 1 unspecified atom stereocenters. The van der Waals surface area contributed by atoms with Crippen molar-refractivity contribution in [2.75, 3.05) is 18.5 Å². The van der Waals surface area contributed by atoms with E-state index in [1.807, 2.05) is 66.7 Å². The molecular weight excluding hydrogens is 408 g/mol. The third-order valence-corrected chi connectivity index (χ3v) is 5.25. The van der Waals surface area contributed by atoms with E-state index < -0.39 is 0 Å². The number of amides is 1. The van der Waals surface area contributed by atoms with Crippen LogP contribution in [0.1, 0.15) is 18.4 Å². The third kappa shape index (κ3) is 5.90. The molecule has 5 nitrogen and oxygen atoms in total. The second kappa shape index (κ2) is 10.2. The number of hydrogen-bond donors (Lipinski definition) is 2. The maximum atomic E-state index is 12.3. The molecule has 1 fully saturated rings.